The van der Waals surface area contributed by atoms with Crippen molar-refractivity contribution < 1.29 is 9.26 Å². The van der Waals surface area contributed by atoms with E-state index >= 15 is 0 Å². The molecule has 1 saturated heterocycles. The van der Waals surface area contributed by atoms with Gasteiger partial charge in [-0.1, -0.05) is 5.16 Å². The molecule has 0 N–H and O–H groups in total. The Morgan fingerprint density at radius 3 is 3.29 bits per heavy atom. The number of hydrogen-bond donors (Lipinski definition) is 0. The normalized spacial score (nSPS) is 21.6. The van der Waals surface area contributed by atoms with Crippen LogP contribution in [-0.4, -0.2) is 29.6 Å². The van der Waals surface area contributed by atoms with Gasteiger partial charge < -0.3 is 9.26 Å². The van der Waals surface area contributed by atoms with Crippen molar-refractivity contribution in [2.45, 2.75) is 24.5 Å². The highest BCUT2D eigenvalue weighted by molar-refractivity contribution is 7.99. The molecule has 1 atom stereocenters. The van der Waals surface area contributed by atoms with Crippen LogP contribution >= 0.6 is 11.8 Å². The summed E-state index contributed by atoms with van der Waals surface area (Å²) >= 11 is 1.91. The van der Waals surface area contributed by atoms with Gasteiger partial charge in [-0.2, -0.15) is 4.98 Å². The fourth-order valence-electron chi connectivity index (χ4n) is 1.47. The van der Waals surface area contributed by atoms with Gasteiger partial charge >= 0.3 is 0 Å². The van der Waals surface area contributed by atoms with Crippen molar-refractivity contribution in [1.29, 1.82) is 0 Å². The molecule has 1 aromatic rings. The number of hydrogen-bond acceptors (Lipinski definition) is 5. The first-order valence-electron chi connectivity index (χ1n) is 4.83. The first kappa shape index (κ1) is 9.98. The second kappa shape index (κ2) is 4.79. The maximum absolute atomic E-state index is 5.21. The maximum atomic E-state index is 5.21. The van der Waals surface area contributed by atoms with E-state index in [0.717, 1.165) is 24.6 Å². The summed E-state index contributed by atoms with van der Waals surface area (Å²) in [4.78, 5) is 4.35. The van der Waals surface area contributed by atoms with Crippen LogP contribution in [0.15, 0.2) is 4.52 Å². The first-order valence-corrected chi connectivity index (χ1v) is 5.88. The SMILES string of the molecule is COCCc1noc([C@@H]2CCCS2)n1. The number of aromatic nitrogens is 2. The summed E-state index contributed by atoms with van der Waals surface area (Å²) in [6.45, 7) is 0.650. The molecule has 1 aromatic heterocycles. The van der Waals surface area contributed by atoms with E-state index in [1.807, 2.05) is 11.8 Å². The topological polar surface area (TPSA) is 48.2 Å². The van der Waals surface area contributed by atoms with Gasteiger partial charge in [-0.3, -0.25) is 0 Å². The molecule has 0 spiro atoms. The zero-order chi connectivity index (χ0) is 9.80. The van der Waals surface area contributed by atoms with Gasteiger partial charge in [0.15, 0.2) is 5.82 Å². The molecule has 1 fully saturated rings. The van der Waals surface area contributed by atoms with Gasteiger partial charge in [0.05, 0.1) is 11.9 Å². The molecule has 0 amide bonds. The molecule has 0 bridgehead atoms. The van der Waals surface area contributed by atoms with Crippen molar-refractivity contribution in [3.8, 4) is 0 Å². The van der Waals surface area contributed by atoms with Crippen LogP contribution in [0.4, 0.5) is 0 Å². The van der Waals surface area contributed by atoms with Gasteiger partial charge in [-0.15, -0.1) is 11.8 Å². The molecule has 1 aliphatic rings. The van der Waals surface area contributed by atoms with Crippen molar-refractivity contribution in [2.24, 2.45) is 0 Å². The zero-order valence-corrected chi connectivity index (χ0v) is 9.05. The number of methoxy groups -OCH3 is 1. The van der Waals surface area contributed by atoms with Crippen molar-refractivity contribution >= 4 is 11.8 Å². The van der Waals surface area contributed by atoms with E-state index in [4.69, 9.17) is 9.26 Å². The first-order chi connectivity index (χ1) is 6.90. The van der Waals surface area contributed by atoms with Crippen molar-refractivity contribution in [2.75, 3.05) is 19.5 Å². The maximum Gasteiger partial charge on any atom is 0.239 e. The van der Waals surface area contributed by atoms with Crippen LogP contribution in [-0.2, 0) is 11.2 Å². The average molecular weight is 214 g/mol. The van der Waals surface area contributed by atoms with Gasteiger partial charge in [0, 0.05) is 13.5 Å². The predicted octanol–water partition coefficient (Wildman–Crippen LogP) is 1.83. The van der Waals surface area contributed by atoms with E-state index in [9.17, 15) is 0 Å². The molecule has 5 heteroatoms. The molecule has 14 heavy (non-hydrogen) atoms. The third kappa shape index (κ3) is 2.27. The monoisotopic (exact) mass is 214 g/mol. The van der Waals surface area contributed by atoms with Crippen molar-refractivity contribution in [3.63, 3.8) is 0 Å². The third-order valence-electron chi connectivity index (χ3n) is 2.22. The molecule has 0 aromatic carbocycles. The summed E-state index contributed by atoms with van der Waals surface area (Å²) in [7, 11) is 1.67. The van der Waals surface area contributed by atoms with Crippen LogP contribution < -0.4 is 0 Å². The highest BCUT2D eigenvalue weighted by atomic mass is 32.2. The van der Waals surface area contributed by atoms with E-state index in [2.05, 4.69) is 10.1 Å². The Hall–Kier alpha value is -0.550. The quantitative estimate of drug-likeness (QED) is 0.765. The van der Waals surface area contributed by atoms with Crippen molar-refractivity contribution in [1.82, 2.24) is 10.1 Å². The highest BCUT2D eigenvalue weighted by Gasteiger charge is 2.23. The minimum atomic E-state index is 0.429. The molecule has 4 nitrogen and oxygen atoms in total. The number of ether oxygens (including phenoxy) is 1. The zero-order valence-electron chi connectivity index (χ0n) is 8.23. The predicted molar refractivity (Wildman–Crippen MR) is 54.3 cm³/mol. The Morgan fingerprint density at radius 2 is 2.57 bits per heavy atom. The Balaban J connectivity index is 1.94. The van der Waals surface area contributed by atoms with Crippen LogP contribution in [0.5, 0.6) is 0 Å². The lowest BCUT2D eigenvalue weighted by Gasteiger charge is -1.98. The molecular formula is C9H14N2O2S. The largest absolute Gasteiger partial charge is 0.384 e. The summed E-state index contributed by atoms with van der Waals surface area (Å²) in [5.41, 5.74) is 0. The fraction of sp³-hybridized carbons (Fsp3) is 0.778. The lowest BCUT2D eigenvalue weighted by molar-refractivity contribution is 0.199. The van der Waals surface area contributed by atoms with Crippen LogP contribution in [0.3, 0.4) is 0 Å². The molecule has 78 valence electrons. The molecular weight excluding hydrogens is 200 g/mol. The van der Waals surface area contributed by atoms with E-state index < -0.39 is 0 Å². The van der Waals surface area contributed by atoms with E-state index in [1.54, 1.807) is 7.11 Å². The molecule has 0 unspecified atom stereocenters. The van der Waals surface area contributed by atoms with E-state index in [-0.39, 0.29) is 0 Å². The van der Waals surface area contributed by atoms with E-state index in [1.165, 1.54) is 12.2 Å². The molecule has 1 aliphatic heterocycles. The summed E-state index contributed by atoms with van der Waals surface area (Å²) < 4.78 is 10.2. The van der Waals surface area contributed by atoms with Crippen LogP contribution in [0.1, 0.15) is 29.8 Å². The Bertz CT molecular complexity index is 284. The second-order valence-corrected chi connectivity index (χ2v) is 4.60. The highest BCUT2D eigenvalue weighted by Crippen LogP contribution is 2.38. The number of nitrogens with zero attached hydrogens (tertiary/aromatic N) is 2. The fourth-order valence-corrected chi connectivity index (χ4v) is 2.66. The minimum absolute atomic E-state index is 0.429. The van der Waals surface area contributed by atoms with Gasteiger partial charge in [0.2, 0.25) is 5.89 Å². The lowest BCUT2D eigenvalue weighted by atomic mass is 10.2. The summed E-state index contributed by atoms with van der Waals surface area (Å²) in [6, 6.07) is 0. The van der Waals surface area contributed by atoms with Crippen LogP contribution in [0, 0.1) is 0 Å². The molecule has 0 radical (unpaired) electrons. The van der Waals surface area contributed by atoms with Gasteiger partial charge in [0.1, 0.15) is 0 Å². The molecule has 2 heterocycles. The molecule has 0 saturated carbocycles. The Labute approximate surface area is 87.4 Å². The van der Waals surface area contributed by atoms with E-state index in [0.29, 0.717) is 11.9 Å². The van der Waals surface area contributed by atoms with Gasteiger partial charge in [-0.05, 0) is 18.6 Å². The molecule has 2 rings (SSSR count). The van der Waals surface area contributed by atoms with Crippen LogP contribution in [0.2, 0.25) is 0 Å². The third-order valence-corrected chi connectivity index (χ3v) is 3.58. The number of rotatable bonds is 4. The van der Waals surface area contributed by atoms with Gasteiger partial charge in [-0.25, -0.2) is 0 Å². The standard InChI is InChI=1S/C9H14N2O2S/c1-12-5-4-8-10-9(13-11-8)7-3-2-6-14-7/h7H,2-6H2,1H3/t7-/m0/s1. The minimum Gasteiger partial charge on any atom is -0.384 e. The smallest absolute Gasteiger partial charge is 0.239 e. The summed E-state index contributed by atoms with van der Waals surface area (Å²) in [6.07, 6.45) is 3.15. The second-order valence-electron chi connectivity index (χ2n) is 3.29. The Kier molecular flexibility index (Phi) is 3.42. The van der Waals surface area contributed by atoms with Crippen molar-refractivity contribution in [3.05, 3.63) is 11.7 Å². The Morgan fingerprint density at radius 1 is 1.64 bits per heavy atom. The number of thioether (sulfide) groups is 1. The molecule has 0 aliphatic carbocycles. The van der Waals surface area contributed by atoms with Gasteiger partial charge in [0.25, 0.3) is 0 Å². The average Bonchev–Trinajstić information content (AvgIpc) is 2.85. The van der Waals surface area contributed by atoms with Crippen LogP contribution in [0.25, 0.3) is 0 Å². The summed E-state index contributed by atoms with van der Waals surface area (Å²) in [5, 5.41) is 4.35. The summed E-state index contributed by atoms with van der Waals surface area (Å²) in [5.74, 6) is 2.76. The lowest BCUT2D eigenvalue weighted by Crippen LogP contribution is -1.97.